The van der Waals surface area contributed by atoms with Crippen LogP contribution in [0.5, 0.6) is 0 Å². The van der Waals surface area contributed by atoms with Gasteiger partial charge in [-0.05, 0) is 49.9 Å². The molecule has 152 valence electrons. The third kappa shape index (κ3) is 4.22. The molecule has 29 heavy (non-hydrogen) atoms. The Morgan fingerprint density at radius 2 is 2.00 bits per heavy atom. The third-order valence-corrected chi connectivity index (χ3v) is 5.15. The summed E-state index contributed by atoms with van der Waals surface area (Å²) in [4.78, 5) is 25.0. The molecule has 1 aromatic carbocycles. The average Bonchev–Trinajstić information content (AvgIpc) is 3.34. The van der Waals surface area contributed by atoms with E-state index < -0.39 is 0 Å². The fourth-order valence-electron chi connectivity index (χ4n) is 3.75. The van der Waals surface area contributed by atoms with Gasteiger partial charge in [0.05, 0.1) is 6.10 Å². The van der Waals surface area contributed by atoms with E-state index in [9.17, 15) is 9.59 Å². The van der Waals surface area contributed by atoms with Gasteiger partial charge in [0.25, 0.3) is 0 Å². The van der Waals surface area contributed by atoms with Crippen LogP contribution in [0, 0.1) is 13.8 Å². The molecule has 8 nitrogen and oxygen atoms in total. The molecule has 1 saturated heterocycles. The normalized spacial score (nSPS) is 16.4. The monoisotopic (exact) mass is 395 g/mol. The molecule has 2 aromatic heterocycles. The predicted molar refractivity (Wildman–Crippen MR) is 108 cm³/mol. The van der Waals surface area contributed by atoms with E-state index in [-0.39, 0.29) is 29.6 Å². The van der Waals surface area contributed by atoms with Crippen molar-refractivity contribution in [3.8, 4) is 5.69 Å². The van der Waals surface area contributed by atoms with Gasteiger partial charge in [0.15, 0.2) is 0 Å². The summed E-state index contributed by atoms with van der Waals surface area (Å²) in [6.07, 6.45) is 6.34. The number of benzene rings is 1. The van der Waals surface area contributed by atoms with E-state index in [1.165, 1.54) is 0 Å². The van der Waals surface area contributed by atoms with Crippen LogP contribution in [-0.2, 0) is 16.0 Å². The number of hydrogen-bond acceptors (Lipinski definition) is 5. The fourth-order valence-corrected chi connectivity index (χ4v) is 3.75. The van der Waals surface area contributed by atoms with Crippen LogP contribution in [0.2, 0.25) is 0 Å². The molecule has 3 aromatic rings. The van der Waals surface area contributed by atoms with E-state index in [1.807, 2.05) is 26.0 Å². The molecule has 1 aliphatic rings. The molecule has 1 fully saturated rings. The van der Waals surface area contributed by atoms with Gasteiger partial charge >= 0.3 is 5.56 Å². The number of carbonyl (C=O) groups is 1. The molecular weight excluding hydrogens is 370 g/mol. The van der Waals surface area contributed by atoms with Crippen LogP contribution >= 0.6 is 0 Å². The number of nitrogens with one attached hydrogen (secondary N) is 1. The van der Waals surface area contributed by atoms with Crippen LogP contribution in [0.1, 0.15) is 36.2 Å². The van der Waals surface area contributed by atoms with Crippen molar-refractivity contribution in [2.45, 2.75) is 45.6 Å². The van der Waals surface area contributed by atoms with Crippen molar-refractivity contribution in [1.29, 1.82) is 0 Å². The lowest BCUT2D eigenvalue weighted by Crippen LogP contribution is -2.32. The molecular formula is C21H25N5O3. The van der Waals surface area contributed by atoms with Gasteiger partial charge in [0.1, 0.15) is 5.82 Å². The maximum Gasteiger partial charge on any atom is 0.300 e. The van der Waals surface area contributed by atoms with Gasteiger partial charge in [-0.25, -0.2) is 0 Å². The first kappa shape index (κ1) is 19.3. The molecule has 1 atom stereocenters. The van der Waals surface area contributed by atoms with Crippen LogP contribution in [0.4, 0.5) is 0 Å². The van der Waals surface area contributed by atoms with Crippen LogP contribution in [-0.4, -0.2) is 44.3 Å². The van der Waals surface area contributed by atoms with Gasteiger partial charge in [-0.1, -0.05) is 6.07 Å². The Morgan fingerprint density at radius 1 is 1.21 bits per heavy atom. The van der Waals surface area contributed by atoms with E-state index >= 15 is 0 Å². The number of hydrogen-bond donors (Lipinski definition) is 1. The van der Waals surface area contributed by atoms with Crippen LogP contribution in [0.15, 0.2) is 35.4 Å². The van der Waals surface area contributed by atoms with Crippen molar-refractivity contribution in [1.82, 2.24) is 24.5 Å². The molecule has 0 saturated carbocycles. The summed E-state index contributed by atoms with van der Waals surface area (Å²) in [5.41, 5.74) is 2.99. The second-order valence-electron chi connectivity index (χ2n) is 7.57. The second-order valence-corrected chi connectivity index (χ2v) is 7.57. The van der Waals surface area contributed by atoms with E-state index in [0.29, 0.717) is 18.8 Å². The zero-order valence-electron chi connectivity index (χ0n) is 16.7. The molecule has 0 aliphatic carbocycles. The maximum absolute atomic E-state index is 12.9. The molecule has 0 unspecified atom stereocenters. The fraction of sp³-hybridized carbons (Fsp3) is 0.429. The Bertz CT molecular complexity index is 1080. The summed E-state index contributed by atoms with van der Waals surface area (Å²) >= 11 is 0. The lowest BCUT2D eigenvalue weighted by Gasteiger charge is -2.10. The summed E-state index contributed by atoms with van der Waals surface area (Å²) in [7, 11) is 0. The van der Waals surface area contributed by atoms with Crippen molar-refractivity contribution in [3.05, 3.63) is 57.9 Å². The molecule has 0 radical (unpaired) electrons. The Balaban J connectivity index is 1.48. The highest BCUT2D eigenvalue weighted by molar-refractivity contribution is 5.76. The maximum atomic E-state index is 12.9. The molecule has 4 rings (SSSR count). The lowest BCUT2D eigenvalue weighted by atomic mass is 10.1. The highest BCUT2D eigenvalue weighted by Gasteiger charge is 2.17. The first-order chi connectivity index (χ1) is 14.0. The molecule has 0 spiro atoms. The average molecular weight is 395 g/mol. The topological polar surface area (TPSA) is 90.5 Å². The minimum atomic E-state index is -0.237. The Labute approximate surface area is 168 Å². The summed E-state index contributed by atoms with van der Waals surface area (Å²) in [6.45, 7) is 5.31. The number of amides is 1. The zero-order valence-corrected chi connectivity index (χ0v) is 16.7. The van der Waals surface area contributed by atoms with Crippen molar-refractivity contribution >= 4 is 11.6 Å². The van der Waals surface area contributed by atoms with Crippen molar-refractivity contribution in [2.75, 3.05) is 13.2 Å². The number of aromatic nitrogens is 4. The van der Waals surface area contributed by atoms with Gasteiger partial charge < -0.3 is 10.1 Å². The van der Waals surface area contributed by atoms with E-state index in [1.54, 1.807) is 21.4 Å². The SMILES string of the molecule is Cc1cc(C)cc(-n2ccn3c(CCC(=O)NC[C@H]4CCCO4)nnc3c2=O)c1. The number of fused-ring (bicyclic) bond motifs is 1. The summed E-state index contributed by atoms with van der Waals surface area (Å²) in [5, 5.41) is 11.1. The lowest BCUT2D eigenvalue weighted by molar-refractivity contribution is -0.121. The molecule has 1 aliphatic heterocycles. The van der Waals surface area contributed by atoms with Gasteiger partial charge in [0, 0.05) is 44.1 Å². The highest BCUT2D eigenvalue weighted by Crippen LogP contribution is 2.13. The number of aryl methyl sites for hydroxylation is 3. The molecule has 1 amide bonds. The molecule has 1 N–H and O–H groups in total. The Kier molecular flexibility index (Phi) is 5.44. The quantitative estimate of drug-likeness (QED) is 0.686. The van der Waals surface area contributed by atoms with Crippen molar-refractivity contribution < 1.29 is 9.53 Å². The van der Waals surface area contributed by atoms with Crippen molar-refractivity contribution in [3.63, 3.8) is 0 Å². The molecule has 8 heteroatoms. The smallest absolute Gasteiger partial charge is 0.300 e. The summed E-state index contributed by atoms with van der Waals surface area (Å²) in [6, 6.07) is 5.98. The number of carbonyl (C=O) groups excluding carboxylic acids is 1. The first-order valence-corrected chi connectivity index (χ1v) is 9.93. The van der Waals surface area contributed by atoms with Crippen LogP contribution in [0.3, 0.4) is 0 Å². The minimum absolute atomic E-state index is 0.0548. The van der Waals surface area contributed by atoms with Gasteiger partial charge in [-0.2, -0.15) is 0 Å². The summed E-state index contributed by atoms with van der Waals surface area (Å²) in [5.74, 6) is 0.540. The zero-order chi connectivity index (χ0) is 20.4. The summed E-state index contributed by atoms with van der Waals surface area (Å²) < 4.78 is 8.74. The minimum Gasteiger partial charge on any atom is -0.376 e. The molecule has 3 heterocycles. The van der Waals surface area contributed by atoms with E-state index in [2.05, 4.69) is 21.6 Å². The Hall–Kier alpha value is -3.00. The van der Waals surface area contributed by atoms with E-state index in [0.717, 1.165) is 36.3 Å². The number of ether oxygens (including phenoxy) is 1. The number of nitrogens with zero attached hydrogens (tertiary/aromatic N) is 4. The third-order valence-electron chi connectivity index (χ3n) is 5.15. The largest absolute Gasteiger partial charge is 0.376 e. The Morgan fingerprint density at radius 3 is 2.72 bits per heavy atom. The highest BCUT2D eigenvalue weighted by atomic mass is 16.5. The van der Waals surface area contributed by atoms with Crippen LogP contribution in [0.25, 0.3) is 11.3 Å². The van der Waals surface area contributed by atoms with Gasteiger partial charge in [-0.15, -0.1) is 10.2 Å². The predicted octanol–water partition coefficient (Wildman–Crippen LogP) is 1.72. The van der Waals surface area contributed by atoms with E-state index in [4.69, 9.17) is 4.74 Å². The van der Waals surface area contributed by atoms with Crippen molar-refractivity contribution in [2.24, 2.45) is 0 Å². The standard InChI is InChI=1S/C21H25N5O3/c1-14-10-15(2)12-16(11-14)25-7-8-26-18(23-24-20(26)21(25)28)5-6-19(27)22-13-17-4-3-9-29-17/h7-8,10-12,17H,3-6,9,13H2,1-2H3,(H,22,27)/t17-/m1/s1. The first-order valence-electron chi connectivity index (χ1n) is 9.93. The second kappa shape index (κ2) is 8.16. The van der Waals surface area contributed by atoms with Gasteiger partial charge in [-0.3, -0.25) is 18.6 Å². The van der Waals surface area contributed by atoms with Crippen LogP contribution < -0.4 is 10.9 Å². The molecule has 0 bridgehead atoms. The van der Waals surface area contributed by atoms with Gasteiger partial charge in [0.2, 0.25) is 11.6 Å². The number of rotatable bonds is 6.